The van der Waals surface area contributed by atoms with Gasteiger partial charge in [0.1, 0.15) is 17.3 Å². The molecule has 0 amide bonds. The van der Waals surface area contributed by atoms with Crippen LogP contribution in [0.25, 0.3) is 5.82 Å². The third kappa shape index (κ3) is 4.73. The Balaban J connectivity index is 1.41. The number of thiocarbonyl (C=S) groups is 1. The number of hydrogen-bond donors (Lipinski definition) is 1. The van der Waals surface area contributed by atoms with Crippen LogP contribution in [-0.2, 0) is 0 Å². The van der Waals surface area contributed by atoms with Crippen LogP contribution in [0.2, 0.25) is 0 Å². The van der Waals surface area contributed by atoms with Gasteiger partial charge in [0, 0.05) is 29.5 Å². The quantitative estimate of drug-likeness (QED) is 0.223. The predicted octanol–water partition coefficient (Wildman–Crippen LogP) is 7.47. The van der Waals surface area contributed by atoms with Gasteiger partial charge in [0.15, 0.2) is 5.11 Å². The Labute approximate surface area is 240 Å². The van der Waals surface area contributed by atoms with E-state index in [1.54, 1.807) is 0 Å². The highest BCUT2D eigenvalue weighted by Gasteiger charge is 2.42. The van der Waals surface area contributed by atoms with E-state index in [9.17, 15) is 0 Å². The van der Waals surface area contributed by atoms with E-state index < -0.39 is 0 Å². The van der Waals surface area contributed by atoms with E-state index in [2.05, 4.69) is 72.8 Å². The minimum Gasteiger partial charge on any atom is -0.457 e. The highest BCUT2D eigenvalue weighted by atomic mass is 32.1. The molecule has 2 aromatic carbocycles. The van der Waals surface area contributed by atoms with Gasteiger partial charge in [-0.3, -0.25) is 4.98 Å². The maximum Gasteiger partial charge on any atom is 0.174 e. The number of aryl methyl sites for hydroxylation is 3. The lowest BCUT2D eigenvalue weighted by atomic mass is 9.96. The monoisotopic (exact) mass is 545 g/mol. The molecule has 3 aromatic heterocycles. The molecule has 1 aliphatic rings. The maximum absolute atomic E-state index is 6.09. The van der Waals surface area contributed by atoms with Crippen molar-refractivity contribution in [2.45, 2.75) is 39.8 Å². The highest BCUT2D eigenvalue weighted by molar-refractivity contribution is 7.80. The summed E-state index contributed by atoms with van der Waals surface area (Å²) in [5.41, 5.74) is 7.66. The standard InChI is InChI=1S/C33H31N5OS/c1-21-10-14-26(15-11-21)39-27-16-12-25(13-17-27)38-31(30(36-33(38)40)29-9-5-6-18-34-29)28-20-23(3)37(24(28)4)32-22(2)8-7-19-35-32/h5-20,30-31H,1-4H3,(H,36,40)/t30-,31+/m0/s1. The Hall–Kier alpha value is -4.49. The molecule has 0 aliphatic carbocycles. The van der Waals surface area contributed by atoms with Crippen molar-refractivity contribution in [3.05, 3.63) is 131 Å². The first-order valence-corrected chi connectivity index (χ1v) is 13.8. The summed E-state index contributed by atoms with van der Waals surface area (Å²) in [6.07, 6.45) is 3.67. The van der Waals surface area contributed by atoms with Crippen LogP contribution >= 0.6 is 12.2 Å². The van der Waals surface area contributed by atoms with E-state index in [4.69, 9.17) is 26.9 Å². The number of pyridine rings is 2. The second-order valence-electron chi connectivity index (χ2n) is 10.2. The summed E-state index contributed by atoms with van der Waals surface area (Å²) in [6.45, 7) is 8.44. The number of benzene rings is 2. The molecule has 1 aliphatic heterocycles. The fraction of sp³-hybridized carbons (Fsp3) is 0.182. The summed E-state index contributed by atoms with van der Waals surface area (Å²) in [5.74, 6) is 2.52. The average Bonchev–Trinajstić information content (AvgIpc) is 3.46. The van der Waals surface area contributed by atoms with Crippen molar-refractivity contribution >= 4 is 23.0 Å². The van der Waals surface area contributed by atoms with Gasteiger partial charge < -0.3 is 19.5 Å². The molecule has 6 nitrogen and oxygen atoms in total. The van der Waals surface area contributed by atoms with E-state index in [1.165, 1.54) is 11.1 Å². The summed E-state index contributed by atoms with van der Waals surface area (Å²) in [4.78, 5) is 11.6. The topological polar surface area (TPSA) is 55.2 Å². The largest absolute Gasteiger partial charge is 0.457 e. The summed E-state index contributed by atoms with van der Waals surface area (Å²) in [6, 6.07) is 28.2. The van der Waals surface area contributed by atoms with E-state index >= 15 is 0 Å². The molecule has 0 spiro atoms. The summed E-state index contributed by atoms with van der Waals surface area (Å²) < 4.78 is 8.33. The lowest BCUT2D eigenvalue weighted by Crippen LogP contribution is -2.29. The lowest BCUT2D eigenvalue weighted by molar-refractivity contribution is 0.482. The molecule has 2 atom stereocenters. The van der Waals surface area contributed by atoms with Gasteiger partial charge in [-0.1, -0.05) is 29.8 Å². The molecule has 0 bridgehead atoms. The Morgan fingerprint density at radius 1 is 0.800 bits per heavy atom. The number of nitrogens with one attached hydrogen (secondary N) is 1. The molecule has 0 saturated carbocycles. The van der Waals surface area contributed by atoms with Crippen LogP contribution in [0.3, 0.4) is 0 Å². The summed E-state index contributed by atoms with van der Waals surface area (Å²) in [7, 11) is 0. The molecule has 0 radical (unpaired) electrons. The summed E-state index contributed by atoms with van der Waals surface area (Å²) >= 11 is 5.96. The normalized spacial score (nSPS) is 16.7. The van der Waals surface area contributed by atoms with Crippen molar-refractivity contribution in [2.75, 3.05) is 4.90 Å². The molecule has 1 saturated heterocycles. The van der Waals surface area contributed by atoms with Crippen molar-refractivity contribution in [2.24, 2.45) is 0 Å². The predicted molar refractivity (Wildman–Crippen MR) is 163 cm³/mol. The van der Waals surface area contributed by atoms with Gasteiger partial charge in [-0.15, -0.1) is 0 Å². The molecule has 1 fully saturated rings. The number of aromatic nitrogens is 3. The van der Waals surface area contributed by atoms with Gasteiger partial charge in [-0.2, -0.15) is 0 Å². The second kappa shape index (κ2) is 10.6. The van der Waals surface area contributed by atoms with Crippen molar-refractivity contribution in [3.8, 4) is 17.3 Å². The minimum atomic E-state index is -0.129. The summed E-state index contributed by atoms with van der Waals surface area (Å²) in [5, 5.41) is 4.23. The molecule has 6 rings (SSSR count). The SMILES string of the molecule is Cc1ccc(Oc2ccc(N3C(=S)N[C@@H](c4ccccn4)[C@H]3c3cc(C)n(-c4ncccc4C)c3C)cc2)cc1. The smallest absolute Gasteiger partial charge is 0.174 e. The van der Waals surface area contributed by atoms with Crippen molar-refractivity contribution in [1.82, 2.24) is 19.9 Å². The van der Waals surface area contributed by atoms with Gasteiger partial charge >= 0.3 is 0 Å². The second-order valence-corrected chi connectivity index (χ2v) is 10.6. The van der Waals surface area contributed by atoms with Crippen LogP contribution < -0.4 is 15.0 Å². The number of hydrogen-bond acceptors (Lipinski definition) is 4. The van der Waals surface area contributed by atoms with Gasteiger partial charge in [0.25, 0.3) is 0 Å². The van der Waals surface area contributed by atoms with Crippen LogP contribution in [0, 0.1) is 27.7 Å². The van der Waals surface area contributed by atoms with E-state index in [0.717, 1.165) is 45.6 Å². The Morgan fingerprint density at radius 3 is 2.17 bits per heavy atom. The molecule has 4 heterocycles. The zero-order valence-electron chi connectivity index (χ0n) is 23.0. The number of rotatable bonds is 6. The van der Waals surface area contributed by atoms with Crippen LogP contribution in [-0.4, -0.2) is 19.6 Å². The molecule has 1 N–H and O–H groups in total. The third-order valence-corrected chi connectivity index (χ3v) is 7.77. The molecule has 200 valence electrons. The van der Waals surface area contributed by atoms with E-state index in [0.29, 0.717) is 5.11 Å². The Morgan fingerprint density at radius 2 is 1.50 bits per heavy atom. The first-order chi connectivity index (χ1) is 19.4. The number of anilines is 1. The molecular weight excluding hydrogens is 514 g/mol. The van der Waals surface area contributed by atoms with Gasteiger partial charge in [-0.25, -0.2) is 4.98 Å². The lowest BCUT2D eigenvalue weighted by Gasteiger charge is -2.28. The van der Waals surface area contributed by atoms with Gasteiger partial charge in [0.2, 0.25) is 0 Å². The molecule has 40 heavy (non-hydrogen) atoms. The first-order valence-electron chi connectivity index (χ1n) is 13.4. The van der Waals surface area contributed by atoms with Crippen LogP contribution in [0.5, 0.6) is 11.5 Å². The third-order valence-electron chi connectivity index (χ3n) is 7.45. The molecule has 7 heteroatoms. The zero-order chi connectivity index (χ0) is 27.8. The molecule has 0 unspecified atom stereocenters. The van der Waals surface area contributed by atoms with Gasteiger partial charge in [-0.05, 0) is 112 Å². The van der Waals surface area contributed by atoms with Crippen LogP contribution in [0.1, 0.15) is 45.9 Å². The number of ether oxygens (including phenoxy) is 1. The first kappa shape index (κ1) is 25.8. The van der Waals surface area contributed by atoms with Crippen molar-refractivity contribution < 1.29 is 4.74 Å². The highest BCUT2D eigenvalue weighted by Crippen LogP contribution is 2.44. The average molecular weight is 546 g/mol. The molecule has 5 aromatic rings. The van der Waals surface area contributed by atoms with E-state index in [-0.39, 0.29) is 12.1 Å². The van der Waals surface area contributed by atoms with E-state index in [1.807, 2.05) is 67.0 Å². The van der Waals surface area contributed by atoms with Crippen molar-refractivity contribution in [3.63, 3.8) is 0 Å². The van der Waals surface area contributed by atoms with Gasteiger partial charge in [0.05, 0.1) is 17.8 Å². The fourth-order valence-corrected chi connectivity index (χ4v) is 5.84. The molecular formula is C33H31N5OS. The number of nitrogens with zero attached hydrogens (tertiary/aromatic N) is 4. The maximum atomic E-state index is 6.09. The minimum absolute atomic E-state index is 0.116. The van der Waals surface area contributed by atoms with Crippen LogP contribution in [0.15, 0.2) is 97.3 Å². The fourth-order valence-electron chi connectivity index (χ4n) is 5.49. The Kier molecular flexibility index (Phi) is 6.82. The van der Waals surface area contributed by atoms with Crippen molar-refractivity contribution in [1.29, 1.82) is 0 Å². The zero-order valence-corrected chi connectivity index (χ0v) is 23.8. The van der Waals surface area contributed by atoms with Crippen LogP contribution in [0.4, 0.5) is 5.69 Å². The Bertz CT molecular complexity index is 1660.